The van der Waals surface area contributed by atoms with Crippen LogP contribution in [0.1, 0.15) is 32.6 Å². The third kappa shape index (κ3) is 4.81. The highest BCUT2D eigenvalue weighted by Gasteiger charge is 2.24. The molecule has 5 nitrogen and oxygen atoms in total. The second kappa shape index (κ2) is 6.37. The van der Waals surface area contributed by atoms with Gasteiger partial charge in [0.15, 0.2) is 0 Å². The zero-order chi connectivity index (χ0) is 11.1. The molecule has 0 aromatic heterocycles. The molecular weight excluding hydrogens is 188 g/mol. The Labute approximate surface area is 82.4 Å². The molecule has 5 heteroatoms. The molecule has 0 aromatic carbocycles. The predicted octanol–water partition coefficient (Wildman–Crippen LogP) is 0.713. The first-order chi connectivity index (χ1) is 6.49. The quantitative estimate of drug-likeness (QED) is 0.567. The van der Waals surface area contributed by atoms with Crippen LogP contribution in [0.15, 0.2) is 0 Å². The highest BCUT2D eigenvalue weighted by atomic mass is 16.4. The third-order valence-electron chi connectivity index (χ3n) is 2.11. The number of aliphatic hydroxyl groups excluding tert-OH is 1. The maximum absolute atomic E-state index is 10.7. The minimum atomic E-state index is -1.07. The summed E-state index contributed by atoms with van der Waals surface area (Å²) in [4.78, 5) is 20.8. The summed E-state index contributed by atoms with van der Waals surface area (Å²) >= 11 is 0. The topological polar surface area (TPSA) is 94.8 Å². The van der Waals surface area contributed by atoms with Crippen LogP contribution in [0.4, 0.5) is 0 Å². The van der Waals surface area contributed by atoms with Crippen molar-refractivity contribution in [3.8, 4) is 0 Å². The van der Waals surface area contributed by atoms with Gasteiger partial charge in [0.05, 0.1) is 12.0 Å². The number of carboxylic acid groups (broad SMARTS) is 2. The molecule has 0 bridgehead atoms. The van der Waals surface area contributed by atoms with Gasteiger partial charge in [-0.05, 0) is 19.3 Å². The van der Waals surface area contributed by atoms with Crippen LogP contribution in [-0.2, 0) is 9.59 Å². The Hall–Kier alpha value is -1.10. The molecule has 0 rings (SSSR count). The van der Waals surface area contributed by atoms with Crippen LogP contribution in [0.25, 0.3) is 0 Å². The van der Waals surface area contributed by atoms with E-state index in [4.69, 9.17) is 10.2 Å². The number of carboxylic acids is 2. The Kier molecular flexibility index (Phi) is 5.87. The molecule has 0 fully saturated rings. The lowest BCUT2D eigenvalue weighted by atomic mass is 9.94. The van der Waals surface area contributed by atoms with Crippen molar-refractivity contribution < 1.29 is 24.9 Å². The van der Waals surface area contributed by atoms with Crippen LogP contribution in [0, 0.1) is 5.92 Å². The van der Waals surface area contributed by atoms with E-state index in [1.807, 2.05) is 0 Å². The van der Waals surface area contributed by atoms with E-state index in [0.29, 0.717) is 6.42 Å². The van der Waals surface area contributed by atoms with Gasteiger partial charge >= 0.3 is 11.9 Å². The van der Waals surface area contributed by atoms with Gasteiger partial charge in [0.2, 0.25) is 0 Å². The van der Waals surface area contributed by atoms with Crippen LogP contribution in [0.3, 0.4) is 0 Å². The number of aliphatic hydroxyl groups is 1. The SMILES string of the molecule is CCC(O)C(CCCC(=O)O)C(=O)O. The molecule has 0 saturated heterocycles. The van der Waals surface area contributed by atoms with Gasteiger partial charge in [-0.1, -0.05) is 6.92 Å². The minimum absolute atomic E-state index is 0.0553. The maximum Gasteiger partial charge on any atom is 0.309 e. The molecular formula is C9H16O5. The van der Waals surface area contributed by atoms with E-state index in [-0.39, 0.29) is 19.3 Å². The normalized spacial score (nSPS) is 14.7. The first-order valence-electron chi connectivity index (χ1n) is 4.61. The molecule has 0 radical (unpaired) electrons. The standard InChI is InChI=1S/C9H16O5/c1-2-7(10)6(9(13)14)4-3-5-8(11)12/h6-7,10H,2-5H2,1H3,(H,11,12)(H,13,14). The molecule has 0 heterocycles. The predicted molar refractivity (Wildman–Crippen MR) is 48.9 cm³/mol. The Balaban J connectivity index is 3.98. The van der Waals surface area contributed by atoms with E-state index in [1.165, 1.54) is 0 Å². The van der Waals surface area contributed by atoms with Crippen molar-refractivity contribution in [2.75, 3.05) is 0 Å². The van der Waals surface area contributed by atoms with Crippen molar-refractivity contribution in [1.82, 2.24) is 0 Å². The smallest absolute Gasteiger partial charge is 0.309 e. The Morgan fingerprint density at radius 1 is 1.29 bits per heavy atom. The number of hydrogen-bond acceptors (Lipinski definition) is 3. The van der Waals surface area contributed by atoms with Gasteiger partial charge in [0.1, 0.15) is 0 Å². The zero-order valence-corrected chi connectivity index (χ0v) is 8.14. The molecule has 0 aliphatic carbocycles. The molecule has 0 saturated carbocycles. The van der Waals surface area contributed by atoms with Gasteiger partial charge < -0.3 is 15.3 Å². The van der Waals surface area contributed by atoms with E-state index in [2.05, 4.69) is 0 Å². The number of rotatable bonds is 7. The van der Waals surface area contributed by atoms with E-state index in [0.717, 1.165) is 0 Å². The van der Waals surface area contributed by atoms with Gasteiger partial charge in [-0.2, -0.15) is 0 Å². The van der Waals surface area contributed by atoms with E-state index in [9.17, 15) is 14.7 Å². The monoisotopic (exact) mass is 204 g/mol. The van der Waals surface area contributed by atoms with Crippen LogP contribution >= 0.6 is 0 Å². The summed E-state index contributed by atoms with van der Waals surface area (Å²) in [7, 11) is 0. The van der Waals surface area contributed by atoms with Crippen LogP contribution < -0.4 is 0 Å². The summed E-state index contributed by atoms with van der Waals surface area (Å²) < 4.78 is 0. The second-order valence-electron chi connectivity index (χ2n) is 3.21. The number of aliphatic carboxylic acids is 2. The highest BCUT2D eigenvalue weighted by Crippen LogP contribution is 2.15. The van der Waals surface area contributed by atoms with E-state index >= 15 is 0 Å². The highest BCUT2D eigenvalue weighted by molar-refractivity contribution is 5.71. The number of carbonyl (C=O) groups is 2. The van der Waals surface area contributed by atoms with Crippen LogP contribution in [0.2, 0.25) is 0 Å². The van der Waals surface area contributed by atoms with E-state index in [1.54, 1.807) is 6.92 Å². The maximum atomic E-state index is 10.7. The average Bonchev–Trinajstić information content (AvgIpc) is 2.10. The summed E-state index contributed by atoms with van der Waals surface area (Å²) in [5.41, 5.74) is 0. The van der Waals surface area contributed by atoms with Crippen molar-refractivity contribution in [2.24, 2.45) is 5.92 Å². The fourth-order valence-corrected chi connectivity index (χ4v) is 1.24. The average molecular weight is 204 g/mol. The van der Waals surface area contributed by atoms with E-state index < -0.39 is 24.0 Å². The molecule has 2 atom stereocenters. The number of hydrogen-bond donors (Lipinski definition) is 3. The fraction of sp³-hybridized carbons (Fsp3) is 0.778. The molecule has 2 unspecified atom stereocenters. The lowest BCUT2D eigenvalue weighted by Crippen LogP contribution is -2.27. The van der Waals surface area contributed by atoms with Gasteiger partial charge in [-0.15, -0.1) is 0 Å². The third-order valence-corrected chi connectivity index (χ3v) is 2.11. The molecule has 3 N–H and O–H groups in total. The zero-order valence-electron chi connectivity index (χ0n) is 8.14. The van der Waals surface area contributed by atoms with Crippen molar-refractivity contribution in [3.05, 3.63) is 0 Å². The van der Waals surface area contributed by atoms with Gasteiger partial charge in [-0.25, -0.2) is 0 Å². The summed E-state index contributed by atoms with van der Waals surface area (Å²) in [6.07, 6.45) is -0.0918. The largest absolute Gasteiger partial charge is 0.481 e. The Morgan fingerprint density at radius 2 is 1.86 bits per heavy atom. The summed E-state index contributed by atoms with van der Waals surface area (Å²) in [5, 5.41) is 26.4. The molecule has 0 spiro atoms. The van der Waals surface area contributed by atoms with Crippen molar-refractivity contribution in [3.63, 3.8) is 0 Å². The molecule has 0 amide bonds. The van der Waals surface area contributed by atoms with Crippen LogP contribution in [0.5, 0.6) is 0 Å². The van der Waals surface area contributed by atoms with Crippen molar-refractivity contribution in [1.29, 1.82) is 0 Å². The van der Waals surface area contributed by atoms with Crippen molar-refractivity contribution >= 4 is 11.9 Å². The van der Waals surface area contributed by atoms with Gasteiger partial charge in [-0.3, -0.25) is 9.59 Å². The Bertz CT molecular complexity index is 201. The molecule has 0 aliphatic heterocycles. The molecule has 0 aromatic rings. The lowest BCUT2D eigenvalue weighted by Gasteiger charge is -2.16. The molecule has 82 valence electrons. The van der Waals surface area contributed by atoms with Crippen LogP contribution in [-0.4, -0.2) is 33.4 Å². The van der Waals surface area contributed by atoms with Gasteiger partial charge in [0.25, 0.3) is 0 Å². The van der Waals surface area contributed by atoms with Gasteiger partial charge in [0, 0.05) is 6.42 Å². The summed E-state index contributed by atoms with van der Waals surface area (Å²) in [5.74, 6) is -2.86. The lowest BCUT2D eigenvalue weighted by molar-refractivity contribution is -0.147. The first kappa shape index (κ1) is 12.9. The Morgan fingerprint density at radius 3 is 2.21 bits per heavy atom. The van der Waals surface area contributed by atoms with Crippen molar-refractivity contribution in [2.45, 2.75) is 38.7 Å². The second-order valence-corrected chi connectivity index (χ2v) is 3.21. The summed E-state index contributed by atoms with van der Waals surface area (Å²) in [6, 6.07) is 0. The molecule has 14 heavy (non-hydrogen) atoms. The fourth-order valence-electron chi connectivity index (χ4n) is 1.24. The first-order valence-corrected chi connectivity index (χ1v) is 4.61. The minimum Gasteiger partial charge on any atom is -0.481 e. The molecule has 0 aliphatic rings. The summed E-state index contributed by atoms with van der Waals surface area (Å²) in [6.45, 7) is 1.69.